The van der Waals surface area contributed by atoms with Crippen molar-refractivity contribution in [1.29, 1.82) is 0 Å². The summed E-state index contributed by atoms with van der Waals surface area (Å²) in [6, 6.07) is 0. The van der Waals surface area contributed by atoms with Crippen molar-refractivity contribution in [2.75, 3.05) is 26.1 Å². The Balaban J connectivity index is 2.45. The highest BCUT2D eigenvalue weighted by atomic mass is 32.1. The van der Waals surface area contributed by atoms with E-state index in [1.807, 2.05) is 0 Å². The Morgan fingerprint density at radius 2 is 2.56 bits per heavy atom. The predicted molar refractivity (Wildman–Crippen MR) is 39.0 cm³/mol. The smallest absolute Gasteiger partial charge is 0.102 e. The van der Waals surface area contributed by atoms with E-state index in [9.17, 15) is 0 Å². The summed E-state index contributed by atoms with van der Waals surface area (Å²) in [5, 5.41) is 0. The van der Waals surface area contributed by atoms with Gasteiger partial charge in [-0.05, 0) is 0 Å². The van der Waals surface area contributed by atoms with Gasteiger partial charge in [0.05, 0.1) is 6.61 Å². The van der Waals surface area contributed by atoms with Crippen LogP contribution in [0.15, 0.2) is 0 Å². The monoisotopic (exact) mass is 148 g/mol. The second kappa shape index (κ2) is 2.90. The van der Waals surface area contributed by atoms with Crippen LogP contribution in [0.1, 0.15) is 6.42 Å². The molecule has 1 unspecified atom stereocenters. The van der Waals surface area contributed by atoms with Crippen molar-refractivity contribution in [2.24, 2.45) is 0 Å². The van der Waals surface area contributed by atoms with Crippen LogP contribution in [0.4, 0.5) is 0 Å². The molecule has 1 aliphatic heterocycles. The lowest BCUT2D eigenvalue weighted by Crippen LogP contribution is -2.33. The summed E-state index contributed by atoms with van der Waals surface area (Å²) < 4.78 is 10.4. The molecule has 54 valence electrons. The van der Waals surface area contributed by atoms with Gasteiger partial charge in [0.25, 0.3) is 0 Å². The van der Waals surface area contributed by atoms with Crippen LogP contribution in [0.3, 0.4) is 0 Å². The van der Waals surface area contributed by atoms with Crippen molar-refractivity contribution >= 4 is 12.6 Å². The van der Waals surface area contributed by atoms with Crippen LogP contribution in [0.5, 0.6) is 0 Å². The summed E-state index contributed by atoms with van der Waals surface area (Å²) >= 11 is 4.18. The standard InChI is InChI=1S/C6H12O2S/c1-7-6(5-9)2-3-8-4-6/h9H,2-5H2,1H3. The average molecular weight is 148 g/mol. The zero-order valence-electron chi connectivity index (χ0n) is 5.59. The molecule has 0 saturated carbocycles. The molecule has 0 radical (unpaired) electrons. The Kier molecular flexibility index (Phi) is 2.38. The molecular weight excluding hydrogens is 136 g/mol. The molecule has 1 fully saturated rings. The summed E-state index contributed by atoms with van der Waals surface area (Å²) in [4.78, 5) is 0. The molecule has 0 aliphatic carbocycles. The fraction of sp³-hybridized carbons (Fsp3) is 1.00. The van der Waals surface area contributed by atoms with E-state index >= 15 is 0 Å². The molecule has 0 N–H and O–H groups in total. The summed E-state index contributed by atoms with van der Waals surface area (Å²) in [6.45, 7) is 1.52. The zero-order chi connectivity index (χ0) is 6.74. The molecule has 1 aliphatic rings. The lowest BCUT2D eigenvalue weighted by Gasteiger charge is -2.22. The zero-order valence-corrected chi connectivity index (χ0v) is 6.49. The van der Waals surface area contributed by atoms with E-state index in [1.54, 1.807) is 7.11 Å². The minimum Gasteiger partial charge on any atom is -0.378 e. The second-order valence-corrected chi connectivity index (χ2v) is 2.66. The van der Waals surface area contributed by atoms with E-state index in [4.69, 9.17) is 9.47 Å². The van der Waals surface area contributed by atoms with Crippen LogP contribution in [-0.2, 0) is 9.47 Å². The van der Waals surface area contributed by atoms with E-state index in [0.29, 0.717) is 6.61 Å². The summed E-state index contributed by atoms with van der Waals surface area (Å²) in [5.41, 5.74) is -0.0802. The highest BCUT2D eigenvalue weighted by molar-refractivity contribution is 7.80. The number of rotatable bonds is 2. The summed E-state index contributed by atoms with van der Waals surface area (Å²) in [6.07, 6.45) is 0.979. The van der Waals surface area contributed by atoms with E-state index in [2.05, 4.69) is 12.6 Å². The molecule has 0 aromatic carbocycles. The highest BCUT2D eigenvalue weighted by Gasteiger charge is 2.32. The van der Waals surface area contributed by atoms with E-state index in [0.717, 1.165) is 18.8 Å². The molecule has 9 heavy (non-hydrogen) atoms. The third kappa shape index (κ3) is 1.39. The third-order valence-corrected chi connectivity index (χ3v) is 2.36. The largest absolute Gasteiger partial charge is 0.378 e. The highest BCUT2D eigenvalue weighted by Crippen LogP contribution is 2.23. The van der Waals surface area contributed by atoms with E-state index in [-0.39, 0.29) is 5.60 Å². The minimum atomic E-state index is -0.0802. The van der Waals surface area contributed by atoms with Crippen LogP contribution in [0.2, 0.25) is 0 Å². The molecule has 3 heteroatoms. The van der Waals surface area contributed by atoms with Gasteiger partial charge in [-0.25, -0.2) is 0 Å². The fourth-order valence-corrected chi connectivity index (χ4v) is 1.32. The molecule has 0 aromatic rings. The quantitative estimate of drug-likeness (QED) is 0.582. The molecule has 1 heterocycles. The molecule has 1 atom stereocenters. The van der Waals surface area contributed by atoms with Crippen LogP contribution in [-0.4, -0.2) is 31.7 Å². The maximum absolute atomic E-state index is 5.25. The first-order valence-corrected chi connectivity index (χ1v) is 3.70. The van der Waals surface area contributed by atoms with E-state index in [1.165, 1.54) is 0 Å². The summed E-state index contributed by atoms with van der Waals surface area (Å²) in [7, 11) is 1.71. The number of hydrogen-bond acceptors (Lipinski definition) is 3. The van der Waals surface area contributed by atoms with Gasteiger partial charge >= 0.3 is 0 Å². The van der Waals surface area contributed by atoms with Gasteiger partial charge in [-0.3, -0.25) is 0 Å². The normalized spacial score (nSPS) is 35.3. The lowest BCUT2D eigenvalue weighted by atomic mass is 10.1. The van der Waals surface area contributed by atoms with Crippen LogP contribution >= 0.6 is 12.6 Å². The molecule has 0 spiro atoms. The molecule has 1 saturated heterocycles. The molecule has 0 aromatic heterocycles. The van der Waals surface area contributed by atoms with Crippen molar-refractivity contribution in [1.82, 2.24) is 0 Å². The van der Waals surface area contributed by atoms with Crippen LogP contribution in [0, 0.1) is 0 Å². The molecule has 1 rings (SSSR count). The second-order valence-electron chi connectivity index (χ2n) is 2.35. The van der Waals surface area contributed by atoms with Crippen LogP contribution in [0.25, 0.3) is 0 Å². The van der Waals surface area contributed by atoms with Gasteiger partial charge in [-0.15, -0.1) is 0 Å². The molecule has 2 nitrogen and oxygen atoms in total. The van der Waals surface area contributed by atoms with Gasteiger partial charge in [-0.1, -0.05) is 0 Å². The first kappa shape index (κ1) is 7.38. The molecule has 0 amide bonds. The predicted octanol–water partition coefficient (Wildman–Crippen LogP) is 0.722. The van der Waals surface area contributed by atoms with Crippen molar-refractivity contribution in [3.63, 3.8) is 0 Å². The Bertz CT molecular complexity index is 83.1. The third-order valence-electron chi connectivity index (χ3n) is 1.79. The Morgan fingerprint density at radius 1 is 1.78 bits per heavy atom. The molecular formula is C6H12O2S. The summed E-state index contributed by atoms with van der Waals surface area (Å²) in [5.74, 6) is 0.753. The lowest BCUT2D eigenvalue weighted by molar-refractivity contribution is 0.00263. The van der Waals surface area contributed by atoms with Gasteiger partial charge in [0.2, 0.25) is 0 Å². The number of thiol groups is 1. The Hall–Kier alpha value is 0.270. The number of methoxy groups -OCH3 is 1. The van der Waals surface area contributed by atoms with Gasteiger partial charge in [0.1, 0.15) is 5.60 Å². The Labute approximate surface area is 60.9 Å². The maximum atomic E-state index is 5.25. The first-order chi connectivity index (χ1) is 4.33. The average Bonchev–Trinajstić information content (AvgIpc) is 2.36. The topological polar surface area (TPSA) is 18.5 Å². The van der Waals surface area contributed by atoms with Crippen molar-refractivity contribution in [2.45, 2.75) is 12.0 Å². The first-order valence-electron chi connectivity index (χ1n) is 3.07. The van der Waals surface area contributed by atoms with Crippen molar-refractivity contribution in [3.8, 4) is 0 Å². The SMILES string of the molecule is COC1(CS)CCOC1. The van der Waals surface area contributed by atoms with Gasteiger partial charge < -0.3 is 9.47 Å². The number of ether oxygens (including phenoxy) is 2. The van der Waals surface area contributed by atoms with Crippen LogP contribution < -0.4 is 0 Å². The molecule has 0 bridgehead atoms. The fourth-order valence-electron chi connectivity index (χ4n) is 0.939. The minimum absolute atomic E-state index is 0.0802. The van der Waals surface area contributed by atoms with Gasteiger partial charge in [0, 0.05) is 25.9 Å². The Morgan fingerprint density at radius 3 is 2.78 bits per heavy atom. The van der Waals surface area contributed by atoms with Crippen molar-refractivity contribution < 1.29 is 9.47 Å². The maximum Gasteiger partial charge on any atom is 0.102 e. The van der Waals surface area contributed by atoms with Gasteiger partial charge in [-0.2, -0.15) is 12.6 Å². The van der Waals surface area contributed by atoms with Gasteiger partial charge in [0.15, 0.2) is 0 Å². The van der Waals surface area contributed by atoms with Crippen molar-refractivity contribution in [3.05, 3.63) is 0 Å². The number of hydrogen-bond donors (Lipinski definition) is 1. The van der Waals surface area contributed by atoms with E-state index < -0.39 is 0 Å².